The van der Waals surface area contributed by atoms with Gasteiger partial charge >= 0.3 is 0 Å². The summed E-state index contributed by atoms with van der Waals surface area (Å²) in [5.74, 6) is 0.893. The highest BCUT2D eigenvalue weighted by Crippen LogP contribution is 2.32. The Balaban J connectivity index is 1.89. The fourth-order valence-electron chi connectivity index (χ4n) is 2.31. The Bertz CT molecular complexity index is 810. The van der Waals surface area contributed by atoms with Crippen LogP contribution in [0, 0.1) is 13.8 Å². The summed E-state index contributed by atoms with van der Waals surface area (Å²) in [5, 5.41) is 4.27. The number of hydrogen-bond donors (Lipinski definition) is 0. The van der Waals surface area contributed by atoms with Crippen LogP contribution in [0.15, 0.2) is 28.1 Å². The zero-order chi connectivity index (χ0) is 15.7. The number of ether oxygens (including phenoxy) is 1. The molecule has 2 aromatic heterocycles. The molecule has 0 atom stereocenters. The minimum atomic E-state index is 0.768. The molecule has 3 aromatic rings. The molecule has 0 radical (unpaired) electrons. The van der Waals surface area contributed by atoms with Gasteiger partial charge in [-0.2, -0.15) is 0 Å². The summed E-state index contributed by atoms with van der Waals surface area (Å²) in [7, 11) is 1.70. The Morgan fingerprint density at radius 2 is 2.05 bits per heavy atom. The second-order valence-corrected chi connectivity index (χ2v) is 7.97. The molecule has 0 fully saturated rings. The summed E-state index contributed by atoms with van der Waals surface area (Å²) in [4.78, 5) is 10.4. The molecule has 0 saturated heterocycles. The standard InChI is InChI=1S/C16H15BrN2OS2/c1-9-16(22-10(2)18-9)13-8-21-15(19-13)7-11-6-12(17)4-5-14(11)20-3/h4-6,8H,7H2,1-3H3. The Labute approximate surface area is 146 Å². The molecule has 0 aliphatic rings. The minimum absolute atomic E-state index is 0.768. The Hall–Kier alpha value is -1.24. The van der Waals surface area contributed by atoms with Crippen LogP contribution in [0.4, 0.5) is 0 Å². The monoisotopic (exact) mass is 394 g/mol. The lowest BCUT2D eigenvalue weighted by Crippen LogP contribution is -1.93. The molecule has 0 bridgehead atoms. The van der Waals surface area contributed by atoms with E-state index in [1.54, 1.807) is 29.8 Å². The van der Waals surface area contributed by atoms with Crippen LogP contribution in [0.3, 0.4) is 0 Å². The molecule has 0 saturated carbocycles. The van der Waals surface area contributed by atoms with Crippen molar-refractivity contribution in [3.05, 3.63) is 49.3 Å². The predicted molar refractivity (Wildman–Crippen MR) is 96.2 cm³/mol. The molecule has 3 rings (SSSR count). The molecular formula is C16H15BrN2OS2. The number of nitrogens with zero attached hydrogens (tertiary/aromatic N) is 2. The molecule has 0 N–H and O–H groups in total. The topological polar surface area (TPSA) is 35.0 Å². The molecule has 0 spiro atoms. The van der Waals surface area contributed by atoms with Crippen molar-refractivity contribution in [1.82, 2.24) is 9.97 Å². The summed E-state index contributed by atoms with van der Waals surface area (Å²) in [6.45, 7) is 4.07. The minimum Gasteiger partial charge on any atom is -0.496 e. The summed E-state index contributed by atoms with van der Waals surface area (Å²) >= 11 is 6.89. The lowest BCUT2D eigenvalue weighted by atomic mass is 10.1. The Kier molecular flexibility index (Phi) is 4.61. The van der Waals surface area contributed by atoms with E-state index in [-0.39, 0.29) is 0 Å². The fourth-order valence-corrected chi connectivity index (χ4v) is 4.49. The molecule has 0 aliphatic carbocycles. The lowest BCUT2D eigenvalue weighted by Gasteiger charge is -2.07. The second-order valence-electron chi connectivity index (χ2n) is 4.91. The molecule has 1 aromatic carbocycles. The highest BCUT2D eigenvalue weighted by atomic mass is 79.9. The molecule has 2 heterocycles. The van der Waals surface area contributed by atoms with E-state index < -0.39 is 0 Å². The highest BCUT2D eigenvalue weighted by Gasteiger charge is 2.13. The fraction of sp³-hybridized carbons (Fsp3) is 0.250. The average molecular weight is 395 g/mol. The third-order valence-electron chi connectivity index (χ3n) is 3.27. The maximum absolute atomic E-state index is 5.43. The van der Waals surface area contributed by atoms with Crippen molar-refractivity contribution in [1.29, 1.82) is 0 Å². The van der Waals surface area contributed by atoms with E-state index in [0.29, 0.717) is 0 Å². The van der Waals surface area contributed by atoms with Crippen LogP contribution in [-0.2, 0) is 6.42 Å². The number of methoxy groups -OCH3 is 1. The average Bonchev–Trinajstić information content (AvgIpc) is 3.05. The summed E-state index contributed by atoms with van der Waals surface area (Å²) in [5.41, 5.74) is 3.21. The van der Waals surface area contributed by atoms with E-state index in [1.807, 2.05) is 26.0 Å². The van der Waals surface area contributed by atoms with Crippen molar-refractivity contribution in [3.8, 4) is 16.3 Å². The normalized spacial score (nSPS) is 10.9. The lowest BCUT2D eigenvalue weighted by molar-refractivity contribution is 0.410. The van der Waals surface area contributed by atoms with Gasteiger partial charge in [0.15, 0.2) is 0 Å². The summed E-state index contributed by atoms with van der Waals surface area (Å²) < 4.78 is 6.48. The van der Waals surface area contributed by atoms with Gasteiger partial charge in [-0.3, -0.25) is 0 Å². The van der Waals surface area contributed by atoms with Crippen LogP contribution >= 0.6 is 38.6 Å². The van der Waals surface area contributed by atoms with Crippen LogP contribution in [0.5, 0.6) is 5.75 Å². The number of thiazole rings is 2. The first-order chi connectivity index (χ1) is 10.6. The van der Waals surface area contributed by atoms with E-state index in [0.717, 1.165) is 43.6 Å². The molecule has 6 heteroatoms. The first-order valence-electron chi connectivity index (χ1n) is 6.78. The molecule has 114 valence electrons. The van der Waals surface area contributed by atoms with E-state index in [1.165, 1.54) is 4.88 Å². The number of halogens is 1. The molecule has 0 aliphatic heterocycles. The number of benzene rings is 1. The number of aryl methyl sites for hydroxylation is 2. The van der Waals surface area contributed by atoms with E-state index in [4.69, 9.17) is 9.72 Å². The largest absolute Gasteiger partial charge is 0.496 e. The zero-order valence-corrected chi connectivity index (χ0v) is 15.7. The van der Waals surface area contributed by atoms with Crippen molar-refractivity contribution < 1.29 is 4.74 Å². The number of hydrogen-bond acceptors (Lipinski definition) is 5. The quantitative estimate of drug-likeness (QED) is 0.606. The van der Waals surface area contributed by atoms with Crippen LogP contribution in [0.25, 0.3) is 10.6 Å². The molecule has 22 heavy (non-hydrogen) atoms. The zero-order valence-electron chi connectivity index (χ0n) is 12.5. The van der Waals surface area contributed by atoms with Crippen LogP contribution in [-0.4, -0.2) is 17.1 Å². The van der Waals surface area contributed by atoms with Gasteiger partial charge in [0.1, 0.15) is 5.75 Å². The van der Waals surface area contributed by atoms with Gasteiger partial charge in [-0.15, -0.1) is 22.7 Å². The van der Waals surface area contributed by atoms with Crippen LogP contribution < -0.4 is 4.74 Å². The molecule has 3 nitrogen and oxygen atoms in total. The molecule has 0 amide bonds. The van der Waals surface area contributed by atoms with Crippen LogP contribution in [0.1, 0.15) is 21.3 Å². The van der Waals surface area contributed by atoms with Gasteiger partial charge in [0, 0.05) is 21.8 Å². The van der Waals surface area contributed by atoms with Gasteiger partial charge in [-0.25, -0.2) is 9.97 Å². The van der Waals surface area contributed by atoms with Crippen LogP contribution in [0.2, 0.25) is 0 Å². The third kappa shape index (κ3) is 3.24. The molecular weight excluding hydrogens is 380 g/mol. The van der Waals surface area contributed by atoms with Gasteiger partial charge < -0.3 is 4.74 Å². The Morgan fingerprint density at radius 3 is 2.73 bits per heavy atom. The highest BCUT2D eigenvalue weighted by molar-refractivity contribution is 9.10. The van der Waals surface area contributed by atoms with Gasteiger partial charge in [-0.05, 0) is 32.0 Å². The van der Waals surface area contributed by atoms with Crippen molar-refractivity contribution in [2.24, 2.45) is 0 Å². The maximum atomic E-state index is 5.43. The van der Waals surface area contributed by atoms with Gasteiger partial charge in [0.05, 0.1) is 33.4 Å². The van der Waals surface area contributed by atoms with E-state index >= 15 is 0 Å². The third-order valence-corrected chi connectivity index (χ3v) is 5.71. The summed E-state index contributed by atoms with van der Waals surface area (Å²) in [6.07, 6.45) is 0.768. The van der Waals surface area contributed by atoms with Gasteiger partial charge in [0.2, 0.25) is 0 Å². The van der Waals surface area contributed by atoms with E-state index in [2.05, 4.69) is 32.4 Å². The first-order valence-corrected chi connectivity index (χ1v) is 9.27. The van der Waals surface area contributed by atoms with Crippen molar-refractivity contribution in [2.45, 2.75) is 20.3 Å². The van der Waals surface area contributed by atoms with E-state index in [9.17, 15) is 0 Å². The second kappa shape index (κ2) is 6.48. The summed E-state index contributed by atoms with van der Waals surface area (Å²) in [6, 6.07) is 6.05. The SMILES string of the molecule is COc1ccc(Br)cc1Cc1nc(-c2sc(C)nc2C)cs1. The maximum Gasteiger partial charge on any atom is 0.122 e. The van der Waals surface area contributed by atoms with Gasteiger partial charge in [-0.1, -0.05) is 15.9 Å². The van der Waals surface area contributed by atoms with Crippen molar-refractivity contribution in [3.63, 3.8) is 0 Å². The van der Waals surface area contributed by atoms with Crippen molar-refractivity contribution >= 4 is 38.6 Å². The number of rotatable bonds is 4. The van der Waals surface area contributed by atoms with Gasteiger partial charge in [0.25, 0.3) is 0 Å². The molecule has 0 unspecified atom stereocenters. The van der Waals surface area contributed by atoms with Crippen molar-refractivity contribution in [2.75, 3.05) is 7.11 Å². The predicted octanol–water partition coefficient (Wildman–Crippen LogP) is 5.25. The first kappa shape index (κ1) is 15.6. The Morgan fingerprint density at radius 1 is 1.23 bits per heavy atom. The number of aromatic nitrogens is 2. The smallest absolute Gasteiger partial charge is 0.122 e.